The molecule has 0 saturated heterocycles. The zero-order valence-electron chi connectivity index (χ0n) is 11.9. The maximum absolute atomic E-state index is 6.45. The lowest BCUT2D eigenvalue weighted by Gasteiger charge is -2.21. The Morgan fingerprint density at radius 2 is 1.94 bits per heavy atom. The first-order chi connectivity index (χ1) is 8.54. The van der Waals surface area contributed by atoms with Gasteiger partial charge in [0.05, 0.1) is 0 Å². The summed E-state index contributed by atoms with van der Waals surface area (Å²) in [6, 6.07) is 4.82. The van der Waals surface area contributed by atoms with Crippen LogP contribution in [0.15, 0.2) is 12.1 Å². The van der Waals surface area contributed by atoms with E-state index in [1.165, 1.54) is 29.5 Å². The van der Waals surface area contributed by atoms with E-state index in [2.05, 4.69) is 45.1 Å². The number of aryl methyl sites for hydroxylation is 2. The number of hydrogen-bond acceptors (Lipinski definition) is 1. The molecule has 1 aliphatic rings. The molecule has 1 N–H and O–H groups in total. The molecule has 0 amide bonds. The maximum atomic E-state index is 6.45. The van der Waals surface area contributed by atoms with Crippen molar-refractivity contribution in [1.82, 2.24) is 5.32 Å². The predicted octanol–water partition coefficient (Wildman–Crippen LogP) is 4.65. The fourth-order valence-corrected chi connectivity index (χ4v) is 2.98. The van der Waals surface area contributed by atoms with Gasteiger partial charge in [-0.2, -0.15) is 0 Å². The standard InChI is InChI=1S/C16H24ClN/c1-5-6-18-16(13-8-12(13)4)14-7-10(2)11(3)9-15(14)17/h7,9,12-13,16,18H,5-6,8H2,1-4H3. The highest BCUT2D eigenvalue weighted by molar-refractivity contribution is 6.31. The highest BCUT2D eigenvalue weighted by atomic mass is 35.5. The molecule has 18 heavy (non-hydrogen) atoms. The molecule has 1 aromatic rings. The van der Waals surface area contributed by atoms with Gasteiger partial charge in [-0.25, -0.2) is 0 Å². The van der Waals surface area contributed by atoms with Gasteiger partial charge in [0, 0.05) is 11.1 Å². The molecule has 0 aromatic heterocycles. The second-order valence-electron chi connectivity index (χ2n) is 5.77. The fraction of sp³-hybridized carbons (Fsp3) is 0.625. The summed E-state index contributed by atoms with van der Waals surface area (Å²) < 4.78 is 0. The van der Waals surface area contributed by atoms with Crippen molar-refractivity contribution >= 4 is 11.6 Å². The zero-order chi connectivity index (χ0) is 13.3. The Kier molecular flexibility index (Phi) is 4.34. The molecule has 1 nitrogen and oxygen atoms in total. The van der Waals surface area contributed by atoms with E-state index >= 15 is 0 Å². The molecule has 3 unspecified atom stereocenters. The summed E-state index contributed by atoms with van der Waals surface area (Å²) in [7, 11) is 0. The van der Waals surface area contributed by atoms with E-state index in [0.29, 0.717) is 6.04 Å². The summed E-state index contributed by atoms with van der Waals surface area (Å²) in [4.78, 5) is 0. The van der Waals surface area contributed by atoms with Crippen LogP contribution in [0, 0.1) is 25.7 Å². The van der Waals surface area contributed by atoms with Crippen molar-refractivity contribution in [1.29, 1.82) is 0 Å². The normalized spacial score (nSPS) is 24.1. The van der Waals surface area contributed by atoms with Crippen LogP contribution in [0.4, 0.5) is 0 Å². The third-order valence-corrected chi connectivity index (χ3v) is 4.49. The monoisotopic (exact) mass is 265 g/mol. The average molecular weight is 266 g/mol. The van der Waals surface area contributed by atoms with E-state index < -0.39 is 0 Å². The van der Waals surface area contributed by atoms with Crippen LogP contribution >= 0.6 is 11.6 Å². The first kappa shape index (κ1) is 13.9. The highest BCUT2D eigenvalue weighted by Gasteiger charge is 2.40. The lowest BCUT2D eigenvalue weighted by atomic mass is 9.97. The van der Waals surface area contributed by atoms with Crippen LogP contribution in [0.2, 0.25) is 5.02 Å². The molecule has 1 saturated carbocycles. The first-order valence-electron chi connectivity index (χ1n) is 7.04. The number of benzene rings is 1. The third-order valence-electron chi connectivity index (χ3n) is 4.16. The predicted molar refractivity (Wildman–Crippen MR) is 79.2 cm³/mol. The molecule has 0 heterocycles. The molecule has 0 aliphatic heterocycles. The second-order valence-corrected chi connectivity index (χ2v) is 6.17. The summed E-state index contributed by atoms with van der Waals surface area (Å²) in [5.74, 6) is 1.59. The van der Waals surface area contributed by atoms with Gasteiger partial charge in [0.2, 0.25) is 0 Å². The highest BCUT2D eigenvalue weighted by Crippen LogP contribution is 2.48. The first-order valence-corrected chi connectivity index (χ1v) is 7.42. The van der Waals surface area contributed by atoms with Crippen molar-refractivity contribution in [3.63, 3.8) is 0 Å². The molecule has 0 bridgehead atoms. The Hall–Kier alpha value is -0.530. The summed E-state index contributed by atoms with van der Waals surface area (Å²) in [6.07, 6.45) is 2.49. The van der Waals surface area contributed by atoms with Gasteiger partial charge in [0.25, 0.3) is 0 Å². The van der Waals surface area contributed by atoms with E-state index in [-0.39, 0.29) is 0 Å². The number of nitrogens with one attached hydrogen (secondary N) is 1. The van der Waals surface area contributed by atoms with E-state index in [9.17, 15) is 0 Å². The van der Waals surface area contributed by atoms with E-state index in [0.717, 1.165) is 23.4 Å². The molecule has 1 fully saturated rings. The van der Waals surface area contributed by atoms with Crippen LogP contribution in [0.1, 0.15) is 49.4 Å². The third kappa shape index (κ3) is 2.89. The Balaban J connectivity index is 2.27. The molecule has 1 aliphatic carbocycles. The molecule has 1 aromatic carbocycles. The van der Waals surface area contributed by atoms with E-state index in [4.69, 9.17) is 11.6 Å². The molecule has 3 atom stereocenters. The Morgan fingerprint density at radius 1 is 1.33 bits per heavy atom. The minimum Gasteiger partial charge on any atom is -0.310 e. The minimum atomic E-state index is 0.437. The minimum absolute atomic E-state index is 0.437. The zero-order valence-corrected chi connectivity index (χ0v) is 12.6. The van der Waals surface area contributed by atoms with Crippen molar-refractivity contribution in [3.05, 3.63) is 33.8 Å². The fourth-order valence-electron chi connectivity index (χ4n) is 2.65. The van der Waals surface area contributed by atoms with Gasteiger partial charge in [0.1, 0.15) is 0 Å². The van der Waals surface area contributed by atoms with Crippen molar-refractivity contribution in [3.8, 4) is 0 Å². The lowest BCUT2D eigenvalue weighted by Crippen LogP contribution is -2.25. The van der Waals surface area contributed by atoms with Crippen molar-refractivity contribution < 1.29 is 0 Å². The van der Waals surface area contributed by atoms with Crippen molar-refractivity contribution in [2.24, 2.45) is 11.8 Å². The van der Waals surface area contributed by atoms with Gasteiger partial charge >= 0.3 is 0 Å². The smallest absolute Gasteiger partial charge is 0.0456 e. The molecule has 0 spiro atoms. The number of halogens is 1. The summed E-state index contributed by atoms with van der Waals surface area (Å²) in [5, 5.41) is 4.60. The average Bonchev–Trinajstić information content (AvgIpc) is 3.03. The topological polar surface area (TPSA) is 12.0 Å². The van der Waals surface area contributed by atoms with E-state index in [1.807, 2.05) is 0 Å². The quantitative estimate of drug-likeness (QED) is 0.817. The van der Waals surface area contributed by atoms with Gasteiger partial charge in [-0.15, -0.1) is 0 Å². The van der Waals surface area contributed by atoms with Gasteiger partial charge in [-0.1, -0.05) is 31.5 Å². The van der Waals surface area contributed by atoms with Crippen LogP contribution in [-0.2, 0) is 0 Å². The van der Waals surface area contributed by atoms with Crippen LogP contribution in [0.5, 0.6) is 0 Å². The van der Waals surface area contributed by atoms with Crippen LogP contribution in [0.3, 0.4) is 0 Å². The van der Waals surface area contributed by atoms with Gasteiger partial charge in [0.15, 0.2) is 0 Å². The summed E-state index contributed by atoms with van der Waals surface area (Å²) >= 11 is 6.45. The summed E-state index contributed by atoms with van der Waals surface area (Å²) in [6.45, 7) is 9.90. The van der Waals surface area contributed by atoms with Gasteiger partial charge < -0.3 is 5.32 Å². The Labute approximate surface area is 116 Å². The molecule has 100 valence electrons. The molecular weight excluding hydrogens is 242 g/mol. The van der Waals surface area contributed by atoms with E-state index in [1.54, 1.807) is 0 Å². The lowest BCUT2D eigenvalue weighted by molar-refractivity contribution is 0.463. The molecular formula is C16H24ClN. The largest absolute Gasteiger partial charge is 0.310 e. The Morgan fingerprint density at radius 3 is 2.50 bits per heavy atom. The van der Waals surface area contributed by atoms with Crippen LogP contribution in [0.25, 0.3) is 0 Å². The molecule has 2 heteroatoms. The van der Waals surface area contributed by atoms with Crippen LogP contribution < -0.4 is 5.32 Å². The number of hydrogen-bond donors (Lipinski definition) is 1. The Bertz CT molecular complexity index is 427. The van der Waals surface area contributed by atoms with Gasteiger partial charge in [-0.3, -0.25) is 0 Å². The SMILES string of the molecule is CCCNC(c1cc(C)c(C)cc1Cl)C1CC1C. The van der Waals surface area contributed by atoms with Crippen LogP contribution in [-0.4, -0.2) is 6.54 Å². The van der Waals surface area contributed by atoms with Crippen molar-refractivity contribution in [2.75, 3.05) is 6.54 Å². The molecule has 0 radical (unpaired) electrons. The van der Waals surface area contributed by atoms with Crippen molar-refractivity contribution in [2.45, 2.75) is 46.6 Å². The molecule has 2 rings (SSSR count). The van der Waals surface area contributed by atoms with Gasteiger partial charge in [-0.05, 0) is 67.8 Å². The summed E-state index contributed by atoms with van der Waals surface area (Å²) in [5.41, 5.74) is 3.91. The second kappa shape index (κ2) is 5.63. The maximum Gasteiger partial charge on any atom is 0.0456 e. The number of rotatable bonds is 5.